The molecule has 0 bridgehead atoms. The summed E-state index contributed by atoms with van der Waals surface area (Å²) in [5.41, 5.74) is 1.79. The summed E-state index contributed by atoms with van der Waals surface area (Å²) in [7, 11) is 3.42. The van der Waals surface area contributed by atoms with E-state index >= 15 is 0 Å². The van der Waals surface area contributed by atoms with Gasteiger partial charge in [-0.15, -0.1) is 5.10 Å². The molecule has 1 saturated carbocycles. The number of carbonyl (C=O) groups excluding carboxylic acids is 2. The van der Waals surface area contributed by atoms with Crippen LogP contribution in [0.2, 0.25) is 0 Å². The van der Waals surface area contributed by atoms with Crippen LogP contribution in [0.4, 0.5) is 5.69 Å². The van der Waals surface area contributed by atoms with E-state index in [-0.39, 0.29) is 11.8 Å². The maximum Gasteiger partial charge on any atom is 0.276 e. The Morgan fingerprint density at radius 3 is 2.52 bits per heavy atom. The van der Waals surface area contributed by atoms with Gasteiger partial charge in [0.15, 0.2) is 5.69 Å². The minimum Gasteiger partial charge on any atom is -0.368 e. The Balaban J connectivity index is 1.39. The SMILES string of the molecule is CN(C)C(=O)c1cc(N2CCN(C(=O)c3cn(C4CC4)nn3)CC2)ccn1. The van der Waals surface area contributed by atoms with Crippen molar-refractivity contribution in [2.24, 2.45) is 0 Å². The van der Waals surface area contributed by atoms with Crippen LogP contribution >= 0.6 is 0 Å². The third-order valence-corrected chi connectivity index (χ3v) is 4.95. The third-order valence-electron chi connectivity index (χ3n) is 4.95. The van der Waals surface area contributed by atoms with Gasteiger partial charge in [0.25, 0.3) is 11.8 Å². The summed E-state index contributed by atoms with van der Waals surface area (Å²) in [6, 6.07) is 4.12. The van der Waals surface area contributed by atoms with Crippen LogP contribution in [0.3, 0.4) is 0 Å². The smallest absolute Gasteiger partial charge is 0.276 e. The van der Waals surface area contributed by atoms with Gasteiger partial charge in [0, 0.05) is 52.2 Å². The molecular weight excluding hydrogens is 346 g/mol. The van der Waals surface area contributed by atoms with Crippen LogP contribution in [0.25, 0.3) is 0 Å². The van der Waals surface area contributed by atoms with E-state index in [1.165, 1.54) is 4.90 Å². The van der Waals surface area contributed by atoms with Crippen molar-refractivity contribution in [1.29, 1.82) is 0 Å². The topological polar surface area (TPSA) is 87.5 Å². The summed E-state index contributed by atoms with van der Waals surface area (Å²) in [4.78, 5) is 34.4. The lowest BCUT2D eigenvalue weighted by Crippen LogP contribution is -2.49. The Kier molecular flexibility index (Phi) is 4.51. The Morgan fingerprint density at radius 2 is 1.85 bits per heavy atom. The molecule has 2 aromatic rings. The second-order valence-corrected chi connectivity index (χ2v) is 7.19. The van der Waals surface area contributed by atoms with Crippen LogP contribution in [-0.2, 0) is 0 Å². The van der Waals surface area contributed by atoms with Crippen molar-refractivity contribution in [3.8, 4) is 0 Å². The van der Waals surface area contributed by atoms with Crippen molar-refractivity contribution in [3.63, 3.8) is 0 Å². The lowest BCUT2D eigenvalue weighted by molar-refractivity contribution is 0.0740. The number of aromatic nitrogens is 4. The number of rotatable bonds is 4. The van der Waals surface area contributed by atoms with Gasteiger partial charge in [-0.25, -0.2) is 4.68 Å². The molecule has 2 fully saturated rings. The monoisotopic (exact) mass is 369 g/mol. The molecular formula is C18H23N7O2. The zero-order valence-corrected chi connectivity index (χ0v) is 15.6. The lowest BCUT2D eigenvalue weighted by Gasteiger charge is -2.35. The molecule has 2 amide bonds. The molecule has 27 heavy (non-hydrogen) atoms. The summed E-state index contributed by atoms with van der Waals surface area (Å²) in [6.45, 7) is 2.60. The van der Waals surface area contributed by atoms with Gasteiger partial charge in [-0.2, -0.15) is 0 Å². The first kappa shape index (κ1) is 17.4. The van der Waals surface area contributed by atoms with Gasteiger partial charge in [-0.1, -0.05) is 5.21 Å². The number of pyridine rings is 1. The largest absolute Gasteiger partial charge is 0.368 e. The van der Waals surface area contributed by atoms with Gasteiger partial charge in [0.1, 0.15) is 5.69 Å². The van der Waals surface area contributed by atoms with Crippen molar-refractivity contribution in [1.82, 2.24) is 29.8 Å². The first-order chi connectivity index (χ1) is 13.0. The summed E-state index contributed by atoms with van der Waals surface area (Å²) < 4.78 is 1.80. The van der Waals surface area contributed by atoms with E-state index in [0.29, 0.717) is 43.6 Å². The molecule has 0 N–H and O–H groups in total. The molecule has 2 aromatic heterocycles. The zero-order valence-electron chi connectivity index (χ0n) is 15.6. The summed E-state index contributed by atoms with van der Waals surface area (Å²) in [5, 5.41) is 8.10. The van der Waals surface area contributed by atoms with Crippen molar-refractivity contribution in [2.45, 2.75) is 18.9 Å². The van der Waals surface area contributed by atoms with Crippen molar-refractivity contribution >= 4 is 17.5 Å². The third kappa shape index (κ3) is 3.62. The molecule has 4 rings (SSSR count). The lowest BCUT2D eigenvalue weighted by atomic mass is 10.2. The minimum absolute atomic E-state index is 0.0697. The average molecular weight is 369 g/mol. The Hall–Kier alpha value is -2.97. The summed E-state index contributed by atoms with van der Waals surface area (Å²) >= 11 is 0. The fourth-order valence-corrected chi connectivity index (χ4v) is 3.18. The molecule has 0 atom stereocenters. The molecule has 1 aliphatic carbocycles. The summed E-state index contributed by atoms with van der Waals surface area (Å²) in [5.74, 6) is -0.191. The Morgan fingerprint density at radius 1 is 1.11 bits per heavy atom. The average Bonchev–Trinajstić information content (AvgIpc) is 3.43. The van der Waals surface area contributed by atoms with E-state index in [9.17, 15) is 9.59 Å². The van der Waals surface area contributed by atoms with Gasteiger partial charge < -0.3 is 14.7 Å². The molecule has 9 heteroatoms. The molecule has 1 saturated heterocycles. The number of nitrogens with zero attached hydrogens (tertiary/aromatic N) is 7. The molecule has 1 aliphatic heterocycles. The van der Waals surface area contributed by atoms with Gasteiger partial charge >= 0.3 is 0 Å². The summed E-state index contributed by atoms with van der Waals surface area (Å²) in [6.07, 6.45) is 5.63. The van der Waals surface area contributed by atoms with Crippen LogP contribution in [0.5, 0.6) is 0 Å². The van der Waals surface area contributed by atoms with E-state index in [1.54, 1.807) is 37.2 Å². The molecule has 3 heterocycles. The van der Waals surface area contributed by atoms with Crippen LogP contribution < -0.4 is 4.90 Å². The highest BCUT2D eigenvalue weighted by Crippen LogP contribution is 2.33. The molecule has 2 aliphatic rings. The fraction of sp³-hybridized carbons (Fsp3) is 0.500. The van der Waals surface area contributed by atoms with Gasteiger partial charge in [-0.3, -0.25) is 14.6 Å². The Labute approximate surface area is 157 Å². The van der Waals surface area contributed by atoms with Gasteiger partial charge in [0.2, 0.25) is 0 Å². The van der Waals surface area contributed by atoms with E-state index < -0.39 is 0 Å². The number of amides is 2. The first-order valence-corrected chi connectivity index (χ1v) is 9.16. The maximum absolute atomic E-state index is 12.6. The molecule has 142 valence electrons. The number of carbonyl (C=O) groups is 2. The van der Waals surface area contributed by atoms with E-state index in [2.05, 4.69) is 20.2 Å². The second kappa shape index (κ2) is 6.98. The zero-order chi connectivity index (χ0) is 19.0. The molecule has 0 radical (unpaired) electrons. The first-order valence-electron chi connectivity index (χ1n) is 9.16. The highest BCUT2D eigenvalue weighted by Gasteiger charge is 2.28. The van der Waals surface area contributed by atoms with E-state index in [4.69, 9.17) is 0 Å². The molecule has 0 spiro atoms. The maximum atomic E-state index is 12.6. The molecule has 9 nitrogen and oxygen atoms in total. The van der Waals surface area contributed by atoms with Crippen molar-refractivity contribution in [2.75, 3.05) is 45.2 Å². The quantitative estimate of drug-likeness (QED) is 0.787. The standard InChI is InChI=1S/C18H23N7O2/c1-22(2)17(26)15-11-14(5-6-19-15)23-7-9-24(10-8-23)18(27)16-12-25(21-20-16)13-3-4-13/h5-6,11-13H,3-4,7-10H2,1-2H3. The predicted octanol–water partition coefficient (Wildman–Crippen LogP) is 0.672. The molecule has 0 unspecified atom stereocenters. The highest BCUT2D eigenvalue weighted by molar-refractivity contribution is 5.93. The van der Waals surface area contributed by atoms with Crippen molar-refractivity contribution < 1.29 is 9.59 Å². The Bertz CT molecular complexity index is 851. The predicted molar refractivity (Wildman–Crippen MR) is 98.7 cm³/mol. The minimum atomic E-state index is -0.121. The van der Waals surface area contributed by atoms with Gasteiger partial charge in [-0.05, 0) is 25.0 Å². The number of hydrogen-bond acceptors (Lipinski definition) is 6. The van der Waals surface area contributed by atoms with Crippen molar-refractivity contribution in [3.05, 3.63) is 35.9 Å². The molecule has 0 aromatic carbocycles. The number of hydrogen-bond donors (Lipinski definition) is 0. The van der Waals surface area contributed by atoms with E-state index in [0.717, 1.165) is 18.5 Å². The highest BCUT2D eigenvalue weighted by atomic mass is 16.2. The van der Waals surface area contributed by atoms with Crippen LogP contribution in [0, 0.1) is 0 Å². The van der Waals surface area contributed by atoms with Crippen LogP contribution in [-0.4, -0.2) is 81.9 Å². The van der Waals surface area contributed by atoms with Crippen LogP contribution in [0.15, 0.2) is 24.5 Å². The fourth-order valence-electron chi connectivity index (χ4n) is 3.18. The second-order valence-electron chi connectivity index (χ2n) is 7.19. The normalized spacial score (nSPS) is 17.1. The number of piperazine rings is 1. The van der Waals surface area contributed by atoms with E-state index in [1.807, 2.05) is 11.0 Å². The number of anilines is 1. The van der Waals surface area contributed by atoms with Crippen LogP contribution in [0.1, 0.15) is 39.9 Å². The van der Waals surface area contributed by atoms with Gasteiger partial charge in [0.05, 0.1) is 12.2 Å².